The quantitative estimate of drug-likeness (QED) is 0.572. The highest BCUT2D eigenvalue weighted by molar-refractivity contribution is 6.35. The average molecular weight is 275 g/mol. The molecule has 0 amide bonds. The van der Waals surface area contributed by atoms with Crippen molar-refractivity contribution >= 4 is 29.2 Å². The van der Waals surface area contributed by atoms with Crippen LogP contribution in [-0.2, 0) is 16.0 Å². The van der Waals surface area contributed by atoms with Crippen molar-refractivity contribution in [2.45, 2.75) is 32.6 Å². The van der Waals surface area contributed by atoms with E-state index in [4.69, 9.17) is 27.9 Å². The zero-order valence-electron chi connectivity index (χ0n) is 9.84. The highest BCUT2D eigenvalue weighted by Gasteiger charge is 2.06. The van der Waals surface area contributed by atoms with Gasteiger partial charge in [0.1, 0.15) is 0 Å². The monoisotopic (exact) mass is 274 g/mol. The van der Waals surface area contributed by atoms with Crippen molar-refractivity contribution in [3.8, 4) is 0 Å². The Morgan fingerprint density at radius 3 is 2.76 bits per heavy atom. The smallest absolute Gasteiger partial charge is 0.306 e. The van der Waals surface area contributed by atoms with Crippen LogP contribution in [-0.4, -0.2) is 12.6 Å². The molecule has 0 fully saturated rings. The highest BCUT2D eigenvalue weighted by Crippen LogP contribution is 2.22. The van der Waals surface area contributed by atoms with E-state index in [2.05, 4.69) is 6.92 Å². The number of carbonyl (C=O) groups excluding carboxylic acids is 1. The SMILES string of the molecule is CCCCOC(=O)CCc1ccc(Cl)cc1Cl. The lowest BCUT2D eigenvalue weighted by Crippen LogP contribution is -2.07. The summed E-state index contributed by atoms with van der Waals surface area (Å²) in [5.41, 5.74) is 0.920. The van der Waals surface area contributed by atoms with Crippen LogP contribution >= 0.6 is 23.2 Å². The lowest BCUT2D eigenvalue weighted by atomic mass is 10.1. The minimum Gasteiger partial charge on any atom is -0.466 e. The molecule has 0 spiro atoms. The molecule has 4 heteroatoms. The Morgan fingerprint density at radius 2 is 2.12 bits per heavy atom. The van der Waals surface area contributed by atoms with Crippen molar-refractivity contribution < 1.29 is 9.53 Å². The fourth-order valence-electron chi connectivity index (χ4n) is 1.36. The maximum Gasteiger partial charge on any atom is 0.306 e. The third-order valence-corrected chi connectivity index (χ3v) is 2.96. The van der Waals surface area contributed by atoms with E-state index in [1.165, 1.54) is 0 Å². The number of esters is 1. The van der Waals surface area contributed by atoms with Gasteiger partial charge in [-0.15, -0.1) is 0 Å². The molecule has 0 aliphatic rings. The molecule has 0 atom stereocenters. The van der Waals surface area contributed by atoms with Gasteiger partial charge in [0.15, 0.2) is 0 Å². The van der Waals surface area contributed by atoms with Crippen molar-refractivity contribution in [1.29, 1.82) is 0 Å². The fourth-order valence-corrected chi connectivity index (χ4v) is 1.87. The Bertz CT molecular complexity index is 378. The topological polar surface area (TPSA) is 26.3 Å². The Kier molecular flexibility index (Phi) is 6.38. The van der Waals surface area contributed by atoms with Gasteiger partial charge in [0.25, 0.3) is 0 Å². The van der Waals surface area contributed by atoms with E-state index in [9.17, 15) is 4.79 Å². The summed E-state index contributed by atoms with van der Waals surface area (Å²) in [4.78, 5) is 11.4. The molecule has 94 valence electrons. The number of ether oxygens (including phenoxy) is 1. The number of hydrogen-bond acceptors (Lipinski definition) is 2. The molecule has 1 aromatic rings. The average Bonchev–Trinajstić information content (AvgIpc) is 2.28. The first kappa shape index (κ1) is 14.3. The maximum atomic E-state index is 11.4. The van der Waals surface area contributed by atoms with Gasteiger partial charge in [0.05, 0.1) is 6.61 Å². The minimum atomic E-state index is -0.176. The minimum absolute atomic E-state index is 0.176. The summed E-state index contributed by atoms with van der Waals surface area (Å²) in [6, 6.07) is 5.29. The van der Waals surface area contributed by atoms with Crippen LogP contribution in [0.2, 0.25) is 10.0 Å². The van der Waals surface area contributed by atoms with Gasteiger partial charge in [0, 0.05) is 16.5 Å². The van der Waals surface area contributed by atoms with Crippen LogP contribution < -0.4 is 0 Å². The first-order chi connectivity index (χ1) is 8.13. The molecule has 2 nitrogen and oxygen atoms in total. The number of aryl methyl sites for hydroxylation is 1. The Balaban J connectivity index is 2.37. The Labute approximate surface area is 112 Å². The van der Waals surface area contributed by atoms with Gasteiger partial charge in [-0.25, -0.2) is 0 Å². The van der Waals surface area contributed by atoms with E-state index < -0.39 is 0 Å². The number of benzene rings is 1. The third-order valence-electron chi connectivity index (χ3n) is 2.37. The van der Waals surface area contributed by atoms with Crippen LogP contribution in [0.15, 0.2) is 18.2 Å². The number of halogens is 2. The van der Waals surface area contributed by atoms with Gasteiger partial charge in [-0.1, -0.05) is 42.6 Å². The van der Waals surface area contributed by atoms with Crippen molar-refractivity contribution in [2.75, 3.05) is 6.61 Å². The largest absolute Gasteiger partial charge is 0.466 e. The lowest BCUT2D eigenvalue weighted by molar-refractivity contribution is -0.143. The summed E-state index contributed by atoms with van der Waals surface area (Å²) in [7, 11) is 0. The molecule has 0 aliphatic carbocycles. The molecule has 0 aromatic heterocycles. The Morgan fingerprint density at radius 1 is 1.35 bits per heavy atom. The second kappa shape index (κ2) is 7.57. The summed E-state index contributed by atoms with van der Waals surface area (Å²) in [6.07, 6.45) is 2.87. The van der Waals surface area contributed by atoms with Gasteiger partial charge in [-0.05, 0) is 30.5 Å². The van der Waals surface area contributed by atoms with Crippen molar-refractivity contribution in [1.82, 2.24) is 0 Å². The normalized spacial score (nSPS) is 10.3. The lowest BCUT2D eigenvalue weighted by Gasteiger charge is -2.05. The summed E-state index contributed by atoms with van der Waals surface area (Å²) in [6.45, 7) is 2.56. The highest BCUT2D eigenvalue weighted by atomic mass is 35.5. The molecule has 0 heterocycles. The van der Waals surface area contributed by atoms with Crippen LogP contribution in [0.1, 0.15) is 31.7 Å². The molecule has 17 heavy (non-hydrogen) atoms. The second-order valence-electron chi connectivity index (χ2n) is 3.81. The van der Waals surface area contributed by atoms with Crippen LogP contribution in [0, 0.1) is 0 Å². The number of carbonyl (C=O) groups is 1. The second-order valence-corrected chi connectivity index (χ2v) is 4.65. The van der Waals surface area contributed by atoms with Gasteiger partial charge in [-0.2, -0.15) is 0 Å². The van der Waals surface area contributed by atoms with Crippen LogP contribution in [0.4, 0.5) is 0 Å². The molecular formula is C13H16Cl2O2. The van der Waals surface area contributed by atoms with Gasteiger partial charge < -0.3 is 4.74 Å². The predicted octanol–water partition coefficient (Wildman–Crippen LogP) is 4.27. The van der Waals surface area contributed by atoms with E-state index in [0.29, 0.717) is 29.5 Å². The molecule has 0 saturated carbocycles. The van der Waals surface area contributed by atoms with Crippen molar-refractivity contribution in [2.24, 2.45) is 0 Å². The van der Waals surface area contributed by atoms with Gasteiger partial charge in [-0.3, -0.25) is 4.79 Å². The molecule has 0 N–H and O–H groups in total. The van der Waals surface area contributed by atoms with E-state index in [0.717, 1.165) is 18.4 Å². The van der Waals surface area contributed by atoms with Crippen molar-refractivity contribution in [3.63, 3.8) is 0 Å². The van der Waals surface area contributed by atoms with Gasteiger partial charge >= 0.3 is 5.97 Å². The molecule has 0 radical (unpaired) electrons. The zero-order valence-corrected chi connectivity index (χ0v) is 11.4. The molecular weight excluding hydrogens is 259 g/mol. The number of unbranched alkanes of at least 4 members (excludes halogenated alkanes) is 1. The van der Waals surface area contributed by atoms with E-state index in [-0.39, 0.29) is 5.97 Å². The van der Waals surface area contributed by atoms with E-state index >= 15 is 0 Å². The standard InChI is InChI=1S/C13H16Cl2O2/c1-2-3-8-17-13(16)7-5-10-4-6-11(14)9-12(10)15/h4,6,9H,2-3,5,7-8H2,1H3. The van der Waals surface area contributed by atoms with Gasteiger partial charge in [0.2, 0.25) is 0 Å². The summed E-state index contributed by atoms with van der Waals surface area (Å²) in [5, 5.41) is 1.20. The van der Waals surface area contributed by atoms with Crippen LogP contribution in [0.5, 0.6) is 0 Å². The third kappa shape index (κ3) is 5.42. The maximum absolute atomic E-state index is 11.4. The first-order valence-corrected chi connectivity index (χ1v) is 6.48. The molecule has 0 unspecified atom stereocenters. The van der Waals surface area contributed by atoms with E-state index in [1.807, 2.05) is 6.07 Å². The van der Waals surface area contributed by atoms with Crippen LogP contribution in [0.25, 0.3) is 0 Å². The fraction of sp³-hybridized carbons (Fsp3) is 0.462. The number of hydrogen-bond donors (Lipinski definition) is 0. The number of rotatable bonds is 6. The molecule has 0 saturated heterocycles. The van der Waals surface area contributed by atoms with Crippen molar-refractivity contribution in [3.05, 3.63) is 33.8 Å². The molecule has 0 aliphatic heterocycles. The van der Waals surface area contributed by atoms with Crippen LogP contribution in [0.3, 0.4) is 0 Å². The first-order valence-electron chi connectivity index (χ1n) is 5.73. The van der Waals surface area contributed by atoms with E-state index in [1.54, 1.807) is 12.1 Å². The summed E-state index contributed by atoms with van der Waals surface area (Å²) < 4.78 is 5.06. The summed E-state index contributed by atoms with van der Waals surface area (Å²) in [5.74, 6) is -0.176. The molecule has 1 aromatic carbocycles. The summed E-state index contributed by atoms with van der Waals surface area (Å²) >= 11 is 11.8. The predicted molar refractivity (Wildman–Crippen MR) is 70.7 cm³/mol. The molecule has 1 rings (SSSR count). The zero-order chi connectivity index (χ0) is 12.7. The molecule has 0 bridgehead atoms. The Hall–Kier alpha value is -0.730.